The first-order chi connectivity index (χ1) is 15.1. The van der Waals surface area contributed by atoms with Gasteiger partial charge in [-0.2, -0.15) is 5.10 Å². The Balaban J connectivity index is 1.42. The second-order valence-corrected chi connectivity index (χ2v) is 7.85. The highest BCUT2D eigenvalue weighted by molar-refractivity contribution is 9.10. The molecule has 0 fully saturated rings. The quantitative estimate of drug-likeness (QED) is 0.232. The summed E-state index contributed by atoms with van der Waals surface area (Å²) >= 11 is 3.48. The summed E-state index contributed by atoms with van der Waals surface area (Å²) < 4.78 is 12.5. The van der Waals surface area contributed by atoms with Crippen LogP contribution in [-0.2, 0) is 11.4 Å². The molecule has 0 bridgehead atoms. The molecule has 0 radical (unpaired) electrons. The van der Waals surface area contributed by atoms with Gasteiger partial charge in [-0.3, -0.25) is 4.79 Å². The number of benzene rings is 3. The van der Waals surface area contributed by atoms with Crippen LogP contribution < -0.4 is 14.9 Å². The highest BCUT2D eigenvalue weighted by atomic mass is 79.9. The molecule has 1 amide bonds. The average Bonchev–Trinajstić information content (AvgIpc) is 2.78. The zero-order chi connectivity index (χ0) is 21.9. The van der Waals surface area contributed by atoms with E-state index < -0.39 is 0 Å². The molecule has 3 aromatic rings. The van der Waals surface area contributed by atoms with Gasteiger partial charge in [-0.1, -0.05) is 48.5 Å². The maximum Gasteiger partial charge on any atom is 0.240 e. The third-order valence-electron chi connectivity index (χ3n) is 4.44. The van der Waals surface area contributed by atoms with E-state index in [0.717, 1.165) is 26.9 Å². The Morgan fingerprint density at radius 1 is 1.00 bits per heavy atom. The number of amides is 1. The van der Waals surface area contributed by atoms with E-state index in [2.05, 4.69) is 26.5 Å². The Morgan fingerprint density at radius 3 is 2.58 bits per heavy atom. The molecule has 160 valence electrons. The summed E-state index contributed by atoms with van der Waals surface area (Å²) in [6, 6.07) is 23.4. The van der Waals surface area contributed by atoms with Gasteiger partial charge in [-0.25, -0.2) is 5.43 Å². The number of carbonyl (C=O) groups is 1. The molecule has 0 atom stereocenters. The minimum absolute atomic E-state index is 0.162. The Morgan fingerprint density at radius 2 is 1.77 bits per heavy atom. The number of nitrogens with zero attached hydrogens (tertiary/aromatic N) is 1. The Kier molecular flexibility index (Phi) is 8.67. The number of carbonyl (C=O) groups excluding carboxylic acids is 1. The molecule has 0 spiro atoms. The van der Waals surface area contributed by atoms with E-state index in [4.69, 9.17) is 9.47 Å². The van der Waals surface area contributed by atoms with Crippen LogP contribution in [-0.4, -0.2) is 18.7 Å². The van der Waals surface area contributed by atoms with Gasteiger partial charge < -0.3 is 9.47 Å². The molecular weight excluding hydrogens is 456 g/mol. The van der Waals surface area contributed by atoms with Gasteiger partial charge >= 0.3 is 0 Å². The molecule has 6 heteroatoms. The number of hydrogen-bond acceptors (Lipinski definition) is 4. The topological polar surface area (TPSA) is 59.9 Å². The average molecular weight is 481 g/mol. The summed E-state index contributed by atoms with van der Waals surface area (Å²) in [5, 5.41) is 4.07. The van der Waals surface area contributed by atoms with Crippen LogP contribution in [0, 0.1) is 6.92 Å². The summed E-state index contributed by atoms with van der Waals surface area (Å²) in [6.07, 6.45) is 2.52. The zero-order valence-electron chi connectivity index (χ0n) is 17.4. The lowest BCUT2D eigenvalue weighted by Gasteiger charge is -2.09. The maximum absolute atomic E-state index is 12.0. The van der Waals surface area contributed by atoms with Crippen molar-refractivity contribution in [3.63, 3.8) is 0 Å². The van der Waals surface area contributed by atoms with Crippen LogP contribution in [0.25, 0.3) is 0 Å². The number of ether oxygens (including phenoxy) is 2. The van der Waals surface area contributed by atoms with Gasteiger partial charge in [0.25, 0.3) is 0 Å². The highest BCUT2D eigenvalue weighted by Gasteiger charge is 2.04. The molecule has 3 rings (SSSR count). The van der Waals surface area contributed by atoms with Gasteiger partial charge in [0.15, 0.2) is 0 Å². The molecule has 0 heterocycles. The maximum atomic E-state index is 12.0. The predicted molar refractivity (Wildman–Crippen MR) is 127 cm³/mol. The Labute approximate surface area is 191 Å². The van der Waals surface area contributed by atoms with Crippen molar-refractivity contribution in [2.45, 2.75) is 26.4 Å². The normalized spacial score (nSPS) is 10.8. The van der Waals surface area contributed by atoms with E-state index in [0.29, 0.717) is 31.8 Å². The van der Waals surface area contributed by atoms with Crippen LogP contribution in [0.4, 0.5) is 0 Å². The molecule has 31 heavy (non-hydrogen) atoms. The first-order valence-corrected chi connectivity index (χ1v) is 10.9. The lowest BCUT2D eigenvalue weighted by Crippen LogP contribution is -2.18. The van der Waals surface area contributed by atoms with E-state index in [-0.39, 0.29) is 5.91 Å². The molecule has 0 aliphatic heterocycles. The van der Waals surface area contributed by atoms with Crippen molar-refractivity contribution >= 4 is 28.1 Å². The van der Waals surface area contributed by atoms with Gasteiger partial charge in [0, 0.05) is 12.0 Å². The van der Waals surface area contributed by atoms with E-state index in [1.807, 2.05) is 79.7 Å². The molecule has 1 N–H and O–H groups in total. The third-order valence-corrected chi connectivity index (χ3v) is 5.06. The molecule has 0 aliphatic carbocycles. The number of halogens is 1. The standard InChI is InChI=1S/C25H25BrN2O3/c1-19-13-14-24(22(26)16-19)30-15-7-12-25(29)28-27-17-21-10-5-6-11-23(21)31-18-20-8-3-2-4-9-20/h2-6,8-11,13-14,16-17H,7,12,15,18H2,1H3,(H,28,29)/b27-17+. The minimum Gasteiger partial charge on any atom is -0.492 e. The fraction of sp³-hybridized carbons (Fsp3) is 0.200. The molecule has 0 saturated carbocycles. The smallest absolute Gasteiger partial charge is 0.240 e. The van der Waals surface area contributed by atoms with E-state index in [1.54, 1.807) is 6.21 Å². The van der Waals surface area contributed by atoms with Crippen molar-refractivity contribution in [1.29, 1.82) is 0 Å². The first-order valence-electron chi connectivity index (χ1n) is 10.1. The van der Waals surface area contributed by atoms with E-state index >= 15 is 0 Å². The molecule has 0 saturated heterocycles. The number of hydrazone groups is 1. The van der Waals surface area contributed by atoms with E-state index in [1.165, 1.54) is 0 Å². The number of aryl methyl sites for hydroxylation is 1. The van der Waals surface area contributed by atoms with Crippen LogP contribution in [0.5, 0.6) is 11.5 Å². The van der Waals surface area contributed by atoms with Gasteiger partial charge in [0.05, 0.1) is 17.3 Å². The highest BCUT2D eigenvalue weighted by Crippen LogP contribution is 2.25. The van der Waals surface area contributed by atoms with Crippen molar-refractivity contribution in [1.82, 2.24) is 5.43 Å². The molecule has 0 aliphatic rings. The van der Waals surface area contributed by atoms with Gasteiger partial charge in [0.2, 0.25) is 5.91 Å². The SMILES string of the molecule is Cc1ccc(OCCCC(=O)N/N=C/c2ccccc2OCc2ccccc2)c(Br)c1. The van der Waals surface area contributed by atoms with Crippen molar-refractivity contribution in [2.24, 2.45) is 5.10 Å². The minimum atomic E-state index is -0.162. The lowest BCUT2D eigenvalue weighted by atomic mass is 10.2. The Bertz CT molecular complexity index is 1020. The van der Waals surface area contributed by atoms with Gasteiger partial charge in [0.1, 0.15) is 18.1 Å². The summed E-state index contributed by atoms with van der Waals surface area (Å²) in [7, 11) is 0. The predicted octanol–water partition coefficient (Wildman–Crippen LogP) is 5.65. The van der Waals surface area contributed by atoms with Crippen molar-refractivity contribution in [3.8, 4) is 11.5 Å². The van der Waals surface area contributed by atoms with Crippen LogP contribution in [0.1, 0.15) is 29.5 Å². The fourth-order valence-corrected chi connectivity index (χ4v) is 3.43. The fourth-order valence-electron chi connectivity index (χ4n) is 2.82. The first kappa shape index (κ1) is 22.6. The summed E-state index contributed by atoms with van der Waals surface area (Å²) in [5.74, 6) is 1.32. The van der Waals surface area contributed by atoms with Crippen LogP contribution in [0.2, 0.25) is 0 Å². The largest absolute Gasteiger partial charge is 0.492 e. The number of para-hydroxylation sites is 1. The number of hydrogen-bond donors (Lipinski definition) is 1. The van der Waals surface area contributed by atoms with Crippen LogP contribution in [0.15, 0.2) is 82.4 Å². The lowest BCUT2D eigenvalue weighted by molar-refractivity contribution is -0.121. The van der Waals surface area contributed by atoms with Crippen molar-refractivity contribution in [2.75, 3.05) is 6.61 Å². The van der Waals surface area contributed by atoms with Gasteiger partial charge in [-0.15, -0.1) is 0 Å². The third kappa shape index (κ3) is 7.57. The van der Waals surface area contributed by atoms with E-state index in [9.17, 15) is 4.79 Å². The monoisotopic (exact) mass is 480 g/mol. The molecular formula is C25H25BrN2O3. The van der Waals surface area contributed by atoms with Crippen LogP contribution >= 0.6 is 15.9 Å². The molecule has 0 aromatic heterocycles. The Hall–Kier alpha value is -3.12. The van der Waals surface area contributed by atoms with Crippen molar-refractivity contribution in [3.05, 3.63) is 94.0 Å². The second kappa shape index (κ2) is 11.9. The molecule has 5 nitrogen and oxygen atoms in total. The summed E-state index contributed by atoms with van der Waals surface area (Å²) in [6.45, 7) is 2.94. The summed E-state index contributed by atoms with van der Waals surface area (Å²) in [5.41, 5.74) is 5.60. The van der Waals surface area contributed by atoms with Gasteiger partial charge in [-0.05, 0) is 64.7 Å². The molecule has 0 unspecified atom stereocenters. The number of rotatable bonds is 10. The van der Waals surface area contributed by atoms with Crippen molar-refractivity contribution < 1.29 is 14.3 Å². The number of nitrogens with one attached hydrogen (secondary N) is 1. The van der Waals surface area contributed by atoms with Crippen LogP contribution in [0.3, 0.4) is 0 Å². The second-order valence-electron chi connectivity index (χ2n) is 6.99. The molecule has 3 aromatic carbocycles. The zero-order valence-corrected chi connectivity index (χ0v) is 19.0. The summed E-state index contributed by atoms with van der Waals surface area (Å²) in [4.78, 5) is 12.0.